The molecule has 0 aliphatic carbocycles. The van der Waals surface area contributed by atoms with Gasteiger partial charge >= 0.3 is 11.9 Å². The van der Waals surface area contributed by atoms with Crippen molar-refractivity contribution in [2.75, 3.05) is 6.61 Å². The van der Waals surface area contributed by atoms with Gasteiger partial charge < -0.3 is 19.1 Å². The lowest BCUT2D eigenvalue weighted by molar-refractivity contribution is -0.0334. The standard InChI is InChI=1S/C28H26N2O5/c1-17-3-6-19(7-4-17)28(33)34-16-25-23(22-13-18(2)5-8-21(22)27(31)32)14-26(35-25)30-12-10-20-15-29-11-9-24(20)30/h3-13,15,23,25-26H,14,16H2,1-2H3,(H,31,32). The van der Waals surface area contributed by atoms with E-state index in [2.05, 4.69) is 4.98 Å². The second-order valence-corrected chi connectivity index (χ2v) is 8.99. The number of pyridine rings is 1. The molecule has 0 amide bonds. The number of nitrogens with zero attached hydrogens (tertiary/aromatic N) is 2. The van der Waals surface area contributed by atoms with E-state index < -0.39 is 18.0 Å². The minimum absolute atomic E-state index is 0.0155. The highest BCUT2D eigenvalue weighted by molar-refractivity contribution is 5.90. The van der Waals surface area contributed by atoms with Crippen LogP contribution in [-0.2, 0) is 9.47 Å². The first-order valence-electron chi connectivity index (χ1n) is 11.5. The second-order valence-electron chi connectivity index (χ2n) is 8.99. The molecule has 1 saturated heterocycles. The number of carboxylic acids is 1. The number of aromatic nitrogens is 2. The van der Waals surface area contributed by atoms with Crippen LogP contribution in [-0.4, -0.2) is 39.3 Å². The van der Waals surface area contributed by atoms with Gasteiger partial charge in [0, 0.05) is 36.3 Å². The van der Waals surface area contributed by atoms with Crippen LogP contribution in [0, 0.1) is 13.8 Å². The van der Waals surface area contributed by atoms with Crippen molar-refractivity contribution in [3.63, 3.8) is 0 Å². The molecule has 0 saturated carbocycles. The molecular weight excluding hydrogens is 444 g/mol. The summed E-state index contributed by atoms with van der Waals surface area (Å²) in [5.41, 5.74) is 4.38. The quantitative estimate of drug-likeness (QED) is 0.386. The molecule has 0 spiro atoms. The highest BCUT2D eigenvalue weighted by Gasteiger charge is 2.40. The number of aryl methyl sites for hydroxylation is 2. The molecule has 1 N–H and O–H groups in total. The van der Waals surface area contributed by atoms with E-state index in [-0.39, 0.29) is 24.3 Å². The molecule has 2 aromatic heterocycles. The number of hydrogen-bond donors (Lipinski definition) is 1. The van der Waals surface area contributed by atoms with Crippen LogP contribution in [0.4, 0.5) is 0 Å². The maximum atomic E-state index is 12.7. The Bertz CT molecular complexity index is 1390. The van der Waals surface area contributed by atoms with Crippen molar-refractivity contribution in [2.24, 2.45) is 0 Å². The lowest BCUT2D eigenvalue weighted by Gasteiger charge is -2.20. The summed E-state index contributed by atoms with van der Waals surface area (Å²) in [5, 5.41) is 10.8. The second kappa shape index (κ2) is 9.35. The first-order chi connectivity index (χ1) is 16.9. The predicted molar refractivity (Wildman–Crippen MR) is 131 cm³/mol. The van der Waals surface area contributed by atoms with Crippen molar-refractivity contribution in [2.45, 2.75) is 38.5 Å². The molecule has 3 heterocycles. The summed E-state index contributed by atoms with van der Waals surface area (Å²) in [5.74, 6) is -1.69. The van der Waals surface area contributed by atoms with Crippen LogP contribution in [0.2, 0.25) is 0 Å². The Morgan fingerprint density at radius 2 is 1.86 bits per heavy atom. The predicted octanol–water partition coefficient (Wildman–Crippen LogP) is 5.28. The van der Waals surface area contributed by atoms with Crippen molar-refractivity contribution in [1.29, 1.82) is 0 Å². The number of fused-ring (bicyclic) bond motifs is 1. The van der Waals surface area contributed by atoms with Gasteiger partial charge in [0.1, 0.15) is 18.9 Å². The fraction of sp³-hybridized carbons (Fsp3) is 0.250. The normalized spacial score (nSPS) is 19.7. The topological polar surface area (TPSA) is 90.7 Å². The van der Waals surface area contributed by atoms with Gasteiger partial charge in [0.2, 0.25) is 0 Å². The molecule has 0 bridgehead atoms. The zero-order valence-corrected chi connectivity index (χ0v) is 19.5. The number of esters is 1. The fourth-order valence-electron chi connectivity index (χ4n) is 4.75. The van der Waals surface area contributed by atoms with Crippen LogP contribution in [0.3, 0.4) is 0 Å². The number of carbonyl (C=O) groups is 2. The van der Waals surface area contributed by atoms with E-state index in [0.717, 1.165) is 22.0 Å². The maximum absolute atomic E-state index is 12.7. The van der Waals surface area contributed by atoms with Gasteiger partial charge in [0.15, 0.2) is 0 Å². The number of aromatic carboxylic acids is 1. The van der Waals surface area contributed by atoms with Crippen LogP contribution in [0.25, 0.3) is 10.9 Å². The Hall–Kier alpha value is -3.97. The summed E-state index contributed by atoms with van der Waals surface area (Å²) in [6, 6.07) is 16.4. The summed E-state index contributed by atoms with van der Waals surface area (Å²) < 4.78 is 14.1. The zero-order chi connectivity index (χ0) is 24.5. The maximum Gasteiger partial charge on any atom is 0.338 e. The van der Waals surface area contributed by atoms with Gasteiger partial charge in [-0.05, 0) is 49.7 Å². The molecule has 178 valence electrons. The van der Waals surface area contributed by atoms with Crippen LogP contribution in [0.5, 0.6) is 0 Å². The Morgan fingerprint density at radius 1 is 1.09 bits per heavy atom. The van der Waals surface area contributed by atoms with E-state index in [1.165, 1.54) is 0 Å². The number of benzene rings is 2. The van der Waals surface area contributed by atoms with Gasteiger partial charge in [-0.1, -0.05) is 35.4 Å². The van der Waals surface area contributed by atoms with Crippen molar-refractivity contribution < 1.29 is 24.2 Å². The third-order valence-corrected chi connectivity index (χ3v) is 6.57. The van der Waals surface area contributed by atoms with E-state index in [9.17, 15) is 14.7 Å². The van der Waals surface area contributed by atoms with E-state index in [1.54, 1.807) is 36.7 Å². The van der Waals surface area contributed by atoms with E-state index in [1.807, 2.05) is 54.9 Å². The van der Waals surface area contributed by atoms with Gasteiger partial charge in [-0.3, -0.25) is 4.98 Å². The van der Waals surface area contributed by atoms with Crippen molar-refractivity contribution in [1.82, 2.24) is 9.55 Å². The summed E-state index contributed by atoms with van der Waals surface area (Å²) >= 11 is 0. The third-order valence-electron chi connectivity index (χ3n) is 6.57. The number of carbonyl (C=O) groups excluding carboxylic acids is 1. The third kappa shape index (κ3) is 4.55. The molecule has 7 heteroatoms. The molecular formula is C28H26N2O5. The van der Waals surface area contributed by atoms with E-state index in [4.69, 9.17) is 9.47 Å². The zero-order valence-electron chi connectivity index (χ0n) is 19.5. The van der Waals surface area contributed by atoms with Crippen molar-refractivity contribution >= 4 is 22.8 Å². The van der Waals surface area contributed by atoms with Gasteiger partial charge in [-0.15, -0.1) is 0 Å². The minimum atomic E-state index is -0.990. The molecule has 3 unspecified atom stereocenters. The molecule has 0 radical (unpaired) electrons. The lowest BCUT2D eigenvalue weighted by atomic mass is 9.87. The SMILES string of the molecule is Cc1ccc(C(=O)OCC2OC(n3ccc4cnccc43)CC2c2cc(C)ccc2C(=O)O)cc1. The van der Waals surface area contributed by atoms with Crippen LogP contribution in [0.1, 0.15) is 56.0 Å². The average Bonchev–Trinajstić information content (AvgIpc) is 3.47. The van der Waals surface area contributed by atoms with Gasteiger partial charge in [-0.25, -0.2) is 9.59 Å². The molecule has 3 atom stereocenters. The molecule has 4 aromatic rings. The van der Waals surface area contributed by atoms with E-state index >= 15 is 0 Å². The highest BCUT2D eigenvalue weighted by atomic mass is 16.6. The van der Waals surface area contributed by atoms with Crippen LogP contribution < -0.4 is 0 Å². The summed E-state index contributed by atoms with van der Waals surface area (Å²) in [6.07, 6.45) is 5.17. The molecule has 35 heavy (non-hydrogen) atoms. The first-order valence-corrected chi connectivity index (χ1v) is 11.5. The minimum Gasteiger partial charge on any atom is -0.478 e. The van der Waals surface area contributed by atoms with Crippen LogP contribution >= 0.6 is 0 Å². The average molecular weight is 471 g/mol. The summed E-state index contributed by atoms with van der Waals surface area (Å²) in [6.45, 7) is 3.90. The number of carboxylic acid groups (broad SMARTS) is 1. The Labute approximate surface area is 202 Å². The first kappa shape index (κ1) is 22.8. The number of hydrogen-bond acceptors (Lipinski definition) is 5. The molecule has 1 fully saturated rings. The molecule has 1 aliphatic heterocycles. The van der Waals surface area contributed by atoms with Gasteiger partial charge in [0.05, 0.1) is 16.6 Å². The Balaban J connectivity index is 1.46. The van der Waals surface area contributed by atoms with Crippen molar-refractivity contribution in [3.05, 3.63) is 101 Å². The monoisotopic (exact) mass is 470 g/mol. The Morgan fingerprint density at radius 3 is 2.63 bits per heavy atom. The number of ether oxygens (including phenoxy) is 2. The molecule has 7 nitrogen and oxygen atoms in total. The van der Waals surface area contributed by atoms with Gasteiger partial charge in [0.25, 0.3) is 0 Å². The number of rotatable bonds is 6. The van der Waals surface area contributed by atoms with Crippen LogP contribution in [0.15, 0.2) is 73.2 Å². The highest BCUT2D eigenvalue weighted by Crippen LogP contribution is 2.43. The summed E-state index contributed by atoms with van der Waals surface area (Å²) in [4.78, 5) is 28.9. The van der Waals surface area contributed by atoms with Crippen molar-refractivity contribution in [3.8, 4) is 0 Å². The fourth-order valence-corrected chi connectivity index (χ4v) is 4.75. The Kier molecular flexibility index (Phi) is 6.09. The van der Waals surface area contributed by atoms with E-state index in [0.29, 0.717) is 17.5 Å². The molecule has 5 rings (SSSR count). The smallest absolute Gasteiger partial charge is 0.338 e. The summed E-state index contributed by atoms with van der Waals surface area (Å²) in [7, 11) is 0. The molecule has 2 aromatic carbocycles. The largest absolute Gasteiger partial charge is 0.478 e. The molecule has 1 aliphatic rings. The van der Waals surface area contributed by atoms with Gasteiger partial charge in [-0.2, -0.15) is 0 Å². The lowest BCUT2D eigenvalue weighted by Crippen LogP contribution is -2.25.